The maximum absolute atomic E-state index is 12.3. The van der Waals surface area contributed by atoms with E-state index >= 15 is 0 Å². The Balaban J connectivity index is 1.29. The number of anilines is 2. The van der Waals surface area contributed by atoms with Crippen molar-refractivity contribution in [1.29, 1.82) is 0 Å². The van der Waals surface area contributed by atoms with E-state index in [4.69, 9.17) is 0 Å². The molecule has 0 atom stereocenters. The lowest BCUT2D eigenvalue weighted by atomic mass is 10.2. The average molecular weight is 412 g/mol. The first-order valence-corrected chi connectivity index (χ1v) is 11.8. The number of thioether (sulfide) groups is 2. The van der Waals surface area contributed by atoms with Crippen LogP contribution in [0.5, 0.6) is 0 Å². The van der Waals surface area contributed by atoms with Gasteiger partial charge in [0.15, 0.2) is 0 Å². The molecule has 2 aliphatic rings. The molecule has 0 radical (unpaired) electrons. The van der Waals surface area contributed by atoms with Crippen LogP contribution in [0.4, 0.5) is 17.1 Å². The van der Waals surface area contributed by atoms with Gasteiger partial charge in [0, 0.05) is 30.2 Å². The van der Waals surface area contributed by atoms with Gasteiger partial charge in [0.1, 0.15) is 4.38 Å². The SMILES string of the molecule is O=C(CSC1=Nc2ccccc2CS1)Nc1ccc(N2CCCCCC2)cc1. The largest absolute Gasteiger partial charge is 0.372 e. The number of carbonyl (C=O) groups excluding carboxylic acids is 1. The highest BCUT2D eigenvalue weighted by Crippen LogP contribution is 2.34. The predicted octanol–water partition coefficient (Wildman–Crippen LogP) is 5.67. The zero-order valence-electron chi connectivity index (χ0n) is 15.9. The zero-order chi connectivity index (χ0) is 19.2. The molecule has 146 valence electrons. The Morgan fingerprint density at radius 3 is 2.57 bits per heavy atom. The molecule has 2 aromatic carbocycles. The number of amides is 1. The van der Waals surface area contributed by atoms with Crippen LogP contribution in [-0.4, -0.2) is 29.1 Å². The van der Waals surface area contributed by atoms with E-state index in [9.17, 15) is 4.79 Å². The van der Waals surface area contributed by atoms with E-state index in [2.05, 4.69) is 33.4 Å². The molecule has 1 amide bonds. The molecule has 0 aliphatic carbocycles. The standard InChI is InChI=1S/C22H25N3OS2/c26-21(16-28-22-24-20-8-4-3-7-17(20)15-27-22)23-18-9-11-19(12-10-18)25-13-5-1-2-6-14-25/h3-4,7-12H,1-2,5-6,13-16H2,(H,23,26). The minimum Gasteiger partial charge on any atom is -0.372 e. The zero-order valence-corrected chi connectivity index (χ0v) is 17.5. The van der Waals surface area contributed by atoms with E-state index in [1.165, 1.54) is 48.7 Å². The van der Waals surface area contributed by atoms with Gasteiger partial charge >= 0.3 is 0 Å². The van der Waals surface area contributed by atoms with Crippen LogP contribution < -0.4 is 10.2 Å². The molecule has 28 heavy (non-hydrogen) atoms. The van der Waals surface area contributed by atoms with Gasteiger partial charge < -0.3 is 10.2 Å². The summed E-state index contributed by atoms with van der Waals surface area (Å²) in [4.78, 5) is 19.4. The fraction of sp³-hybridized carbons (Fsp3) is 0.364. The van der Waals surface area contributed by atoms with Crippen molar-refractivity contribution in [2.45, 2.75) is 31.4 Å². The Hall–Kier alpha value is -1.92. The number of nitrogens with one attached hydrogen (secondary N) is 1. The summed E-state index contributed by atoms with van der Waals surface area (Å²) >= 11 is 3.21. The fourth-order valence-corrected chi connectivity index (χ4v) is 5.36. The van der Waals surface area contributed by atoms with Crippen molar-refractivity contribution < 1.29 is 4.79 Å². The van der Waals surface area contributed by atoms with Crippen molar-refractivity contribution in [2.24, 2.45) is 4.99 Å². The molecule has 4 rings (SSSR count). The lowest BCUT2D eigenvalue weighted by Gasteiger charge is -2.22. The van der Waals surface area contributed by atoms with Crippen LogP contribution in [-0.2, 0) is 10.5 Å². The summed E-state index contributed by atoms with van der Waals surface area (Å²) < 4.78 is 0.963. The number of benzene rings is 2. The second-order valence-electron chi connectivity index (χ2n) is 7.08. The van der Waals surface area contributed by atoms with Gasteiger partial charge in [-0.25, -0.2) is 4.99 Å². The van der Waals surface area contributed by atoms with Crippen molar-refractivity contribution in [3.8, 4) is 0 Å². The summed E-state index contributed by atoms with van der Waals surface area (Å²) in [6, 6.07) is 16.4. The summed E-state index contributed by atoms with van der Waals surface area (Å²) in [5.74, 6) is 1.30. The van der Waals surface area contributed by atoms with Gasteiger partial charge in [-0.15, -0.1) is 0 Å². The van der Waals surface area contributed by atoms with Crippen LogP contribution in [0.2, 0.25) is 0 Å². The first kappa shape index (κ1) is 19.4. The Morgan fingerprint density at radius 2 is 1.79 bits per heavy atom. The third-order valence-electron chi connectivity index (χ3n) is 5.00. The van der Waals surface area contributed by atoms with E-state index < -0.39 is 0 Å². The van der Waals surface area contributed by atoms with Crippen LogP contribution in [0.25, 0.3) is 0 Å². The number of nitrogens with zero attached hydrogens (tertiary/aromatic N) is 2. The minimum atomic E-state index is 0.00896. The van der Waals surface area contributed by atoms with Gasteiger partial charge in [0.25, 0.3) is 0 Å². The smallest absolute Gasteiger partial charge is 0.234 e. The van der Waals surface area contributed by atoms with Crippen molar-refractivity contribution in [3.63, 3.8) is 0 Å². The highest BCUT2D eigenvalue weighted by Gasteiger charge is 2.14. The van der Waals surface area contributed by atoms with Crippen molar-refractivity contribution >= 4 is 50.9 Å². The van der Waals surface area contributed by atoms with Crippen LogP contribution in [0, 0.1) is 0 Å². The van der Waals surface area contributed by atoms with Gasteiger partial charge in [0.05, 0.1) is 11.4 Å². The van der Waals surface area contributed by atoms with Gasteiger partial charge in [0.2, 0.25) is 5.91 Å². The summed E-state index contributed by atoms with van der Waals surface area (Å²) in [6.07, 6.45) is 5.19. The van der Waals surface area contributed by atoms with Crippen molar-refractivity contribution in [2.75, 3.05) is 29.1 Å². The number of aliphatic imine (C=N–C) groups is 1. The molecule has 0 aromatic heterocycles. The van der Waals surface area contributed by atoms with Crippen molar-refractivity contribution in [3.05, 3.63) is 54.1 Å². The first-order valence-electron chi connectivity index (χ1n) is 9.85. The first-order chi connectivity index (χ1) is 13.8. The van der Waals surface area contributed by atoms with Crippen molar-refractivity contribution in [1.82, 2.24) is 0 Å². The Kier molecular flexibility index (Phi) is 6.60. The van der Waals surface area contributed by atoms with Crippen LogP contribution >= 0.6 is 23.5 Å². The molecular formula is C22H25N3OS2. The van der Waals surface area contributed by atoms with E-state index in [-0.39, 0.29) is 5.91 Å². The summed E-state index contributed by atoms with van der Waals surface area (Å²) in [5, 5.41) is 3.00. The quantitative estimate of drug-likeness (QED) is 0.704. The highest BCUT2D eigenvalue weighted by atomic mass is 32.2. The molecule has 4 nitrogen and oxygen atoms in total. The fourth-order valence-electron chi connectivity index (χ4n) is 3.49. The number of hydrogen-bond acceptors (Lipinski definition) is 5. The van der Waals surface area contributed by atoms with E-state index in [0.29, 0.717) is 5.75 Å². The molecular weight excluding hydrogens is 386 g/mol. The van der Waals surface area contributed by atoms with Crippen LogP contribution in [0.1, 0.15) is 31.2 Å². The Bertz CT molecular complexity index is 843. The molecule has 2 aliphatic heterocycles. The number of carbonyl (C=O) groups is 1. The molecule has 2 heterocycles. The topological polar surface area (TPSA) is 44.7 Å². The van der Waals surface area contributed by atoms with E-state index in [0.717, 1.165) is 34.6 Å². The Labute approximate surface area is 175 Å². The second-order valence-corrected chi connectivity index (χ2v) is 9.27. The molecule has 2 aromatic rings. The molecule has 0 unspecified atom stereocenters. The molecule has 0 saturated carbocycles. The lowest BCUT2D eigenvalue weighted by molar-refractivity contribution is -0.113. The van der Waals surface area contributed by atoms with Crippen LogP contribution in [0.15, 0.2) is 53.5 Å². The average Bonchev–Trinajstić information content (AvgIpc) is 3.02. The lowest BCUT2D eigenvalue weighted by Crippen LogP contribution is -2.23. The minimum absolute atomic E-state index is 0.00896. The molecule has 6 heteroatoms. The molecule has 1 N–H and O–H groups in total. The highest BCUT2D eigenvalue weighted by molar-refractivity contribution is 8.38. The molecule has 0 spiro atoms. The van der Waals surface area contributed by atoms with Gasteiger partial charge in [-0.3, -0.25) is 4.79 Å². The summed E-state index contributed by atoms with van der Waals surface area (Å²) in [7, 11) is 0. The van der Waals surface area contributed by atoms with Crippen LogP contribution in [0.3, 0.4) is 0 Å². The normalized spacial score (nSPS) is 16.7. The maximum Gasteiger partial charge on any atom is 0.234 e. The number of rotatable bonds is 4. The summed E-state index contributed by atoms with van der Waals surface area (Å²) in [6.45, 7) is 2.26. The van der Waals surface area contributed by atoms with E-state index in [1.807, 2.05) is 30.3 Å². The molecule has 0 bridgehead atoms. The third-order valence-corrected chi connectivity index (χ3v) is 7.25. The maximum atomic E-state index is 12.3. The predicted molar refractivity (Wildman–Crippen MR) is 123 cm³/mol. The monoisotopic (exact) mass is 411 g/mol. The third kappa shape index (κ3) is 5.11. The number of para-hydroxylation sites is 1. The Morgan fingerprint density at radius 1 is 1.04 bits per heavy atom. The molecule has 1 fully saturated rings. The second kappa shape index (κ2) is 9.52. The van der Waals surface area contributed by atoms with Gasteiger partial charge in [-0.1, -0.05) is 54.6 Å². The number of hydrogen-bond donors (Lipinski definition) is 1. The number of fused-ring (bicyclic) bond motifs is 1. The van der Waals surface area contributed by atoms with Gasteiger partial charge in [-0.05, 0) is 48.7 Å². The summed E-state index contributed by atoms with van der Waals surface area (Å²) in [5.41, 5.74) is 4.38. The van der Waals surface area contributed by atoms with Gasteiger partial charge in [-0.2, -0.15) is 0 Å². The van der Waals surface area contributed by atoms with E-state index in [1.54, 1.807) is 11.8 Å². The molecule has 1 saturated heterocycles.